The van der Waals surface area contributed by atoms with Crippen LogP contribution >= 0.6 is 0 Å². The zero-order valence-corrected chi connectivity index (χ0v) is 20.0. The van der Waals surface area contributed by atoms with Crippen LogP contribution in [0.25, 0.3) is 22.2 Å². The number of aliphatic hydroxyl groups is 2. The summed E-state index contributed by atoms with van der Waals surface area (Å²) < 4.78 is 30.2. The number of benzene rings is 1. The molecule has 0 aliphatic carbocycles. The minimum Gasteiger partial charge on any atom is -0.392 e. The van der Waals surface area contributed by atoms with Gasteiger partial charge in [-0.3, -0.25) is 4.79 Å². The summed E-state index contributed by atoms with van der Waals surface area (Å²) >= 11 is 0. The first-order chi connectivity index (χ1) is 16.6. The van der Waals surface area contributed by atoms with E-state index >= 15 is 4.39 Å². The standard InChI is InChI=1S/C26H30F2N4O3/c1-13-6-16(18-4-5-29-24-22(18)20(28)10-31-24)7-19(27)23(13)26(35)14(2)11-32(12-15(26)3)25(34)21-8-17(33)9-30-21/h4-7,10,14-15,17,21,30,33,35H,8-9,11-12H2,1-3H3,(H,29,31)/t14-,15+,17-,21+,26?/m1/s1. The van der Waals surface area contributed by atoms with E-state index in [1.165, 1.54) is 18.5 Å². The minimum atomic E-state index is -1.49. The van der Waals surface area contributed by atoms with Gasteiger partial charge in [0.15, 0.2) is 5.82 Å². The van der Waals surface area contributed by atoms with E-state index in [2.05, 4.69) is 15.3 Å². The number of aromatic nitrogens is 2. The lowest BCUT2D eigenvalue weighted by Crippen LogP contribution is -2.58. The average Bonchev–Trinajstić information content (AvgIpc) is 3.42. The predicted octanol–water partition coefficient (Wildman–Crippen LogP) is 2.84. The third-order valence-corrected chi connectivity index (χ3v) is 7.73. The van der Waals surface area contributed by atoms with Crippen molar-refractivity contribution in [2.45, 2.75) is 44.9 Å². The molecule has 0 bridgehead atoms. The number of likely N-dealkylation sites (tertiary alicyclic amines) is 1. The van der Waals surface area contributed by atoms with Gasteiger partial charge in [-0.25, -0.2) is 13.8 Å². The molecule has 5 rings (SSSR count). The van der Waals surface area contributed by atoms with Gasteiger partial charge in [0.25, 0.3) is 0 Å². The van der Waals surface area contributed by atoms with Gasteiger partial charge in [-0.2, -0.15) is 0 Å². The molecule has 1 amide bonds. The largest absolute Gasteiger partial charge is 0.392 e. The van der Waals surface area contributed by atoms with Crippen molar-refractivity contribution in [2.24, 2.45) is 11.8 Å². The molecule has 4 heterocycles. The van der Waals surface area contributed by atoms with E-state index in [0.29, 0.717) is 35.3 Å². The maximum atomic E-state index is 15.7. The zero-order chi connectivity index (χ0) is 25.1. The van der Waals surface area contributed by atoms with Crippen molar-refractivity contribution >= 4 is 16.9 Å². The summed E-state index contributed by atoms with van der Waals surface area (Å²) in [5.41, 5.74) is 0.674. The Morgan fingerprint density at radius 2 is 1.91 bits per heavy atom. The Bertz CT molecular complexity index is 1260. The number of fused-ring (bicyclic) bond motifs is 1. The van der Waals surface area contributed by atoms with Crippen LogP contribution < -0.4 is 5.32 Å². The molecule has 0 saturated carbocycles. The highest BCUT2D eigenvalue weighted by Crippen LogP contribution is 2.45. The van der Waals surface area contributed by atoms with Gasteiger partial charge in [-0.05, 0) is 42.2 Å². The Morgan fingerprint density at radius 1 is 1.20 bits per heavy atom. The first-order valence-electron chi connectivity index (χ1n) is 12.0. The molecule has 5 atom stereocenters. The second-order valence-electron chi connectivity index (χ2n) is 10.1. The molecule has 35 heavy (non-hydrogen) atoms. The van der Waals surface area contributed by atoms with Crippen molar-refractivity contribution in [1.29, 1.82) is 0 Å². The highest BCUT2D eigenvalue weighted by Gasteiger charge is 2.49. The fourth-order valence-corrected chi connectivity index (χ4v) is 5.96. The van der Waals surface area contributed by atoms with E-state index in [0.717, 1.165) is 0 Å². The molecule has 0 spiro atoms. The van der Waals surface area contributed by atoms with Crippen LogP contribution in [0.4, 0.5) is 8.78 Å². The number of nitrogens with one attached hydrogen (secondary N) is 2. The van der Waals surface area contributed by atoms with Gasteiger partial charge < -0.3 is 25.4 Å². The summed E-state index contributed by atoms with van der Waals surface area (Å²) in [6.45, 7) is 6.31. The molecule has 1 unspecified atom stereocenters. The summed E-state index contributed by atoms with van der Waals surface area (Å²) in [6, 6.07) is 4.30. The normalized spacial score (nSPS) is 29.2. The fourth-order valence-electron chi connectivity index (χ4n) is 5.96. The third-order valence-electron chi connectivity index (χ3n) is 7.73. The molecular weight excluding hydrogens is 454 g/mol. The van der Waals surface area contributed by atoms with Gasteiger partial charge in [-0.15, -0.1) is 0 Å². The van der Waals surface area contributed by atoms with Crippen molar-refractivity contribution in [3.8, 4) is 11.1 Å². The summed E-state index contributed by atoms with van der Waals surface area (Å²) in [5, 5.41) is 25.0. The number of H-pyrrole nitrogens is 1. The number of halogens is 2. The number of carbonyl (C=O) groups is 1. The number of nitrogens with zero attached hydrogens (tertiary/aromatic N) is 2. The molecule has 2 fully saturated rings. The number of rotatable bonds is 3. The van der Waals surface area contributed by atoms with Gasteiger partial charge in [0.2, 0.25) is 5.91 Å². The van der Waals surface area contributed by atoms with Gasteiger partial charge in [0.05, 0.1) is 17.5 Å². The van der Waals surface area contributed by atoms with Crippen LogP contribution in [0, 0.1) is 30.4 Å². The smallest absolute Gasteiger partial charge is 0.239 e. The van der Waals surface area contributed by atoms with Crippen molar-refractivity contribution in [3.05, 3.63) is 53.4 Å². The van der Waals surface area contributed by atoms with Crippen LogP contribution in [0.5, 0.6) is 0 Å². The van der Waals surface area contributed by atoms with Crippen LogP contribution in [0.3, 0.4) is 0 Å². The predicted molar refractivity (Wildman–Crippen MR) is 127 cm³/mol. The van der Waals surface area contributed by atoms with E-state index in [9.17, 15) is 19.4 Å². The number of amides is 1. The maximum Gasteiger partial charge on any atom is 0.239 e. The lowest BCUT2D eigenvalue weighted by molar-refractivity contribution is -0.151. The van der Waals surface area contributed by atoms with Crippen LogP contribution in [-0.4, -0.2) is 62.8 Å². The van der Waals surface area contributed by atoms with Crippen LogP contribution in [-0.2, 0) is 10.4 Å². The number of hydrogen-bond acceptors (Lipinski definition) is 5. The Morgan fingerprint density at radius 3 is 2.54 bits per heavy atom. The minimum absolute atomic E-state index is 0.106. The molecule has 4 N–H and O–H groups in total. The highest BCUT2D eigenvalue weighted by atomic mass is 19.1. The first-order valence-corrected chi connectivity index (χ1v) is 12.0. The van der Waals surface area contributed by atoms with Gasteiger partial charge in [0.1, 0.15) is 17.1 Å². The average molecular weight is 485 g/mol. The Labute approximate surface area is 202 Å². The lowest BCUT2D eigenvalue weighted by atomic mass is 9.69. The van der Waals surface area contributed by atoms with Crippen LogP contribution in [0.1, 0.15) is 31.4 Å². The van der Waals surface area contributed by atoms with Crippen molar-refractivity contribution in [1.82, 2.24) is 20.2 Å². The number of aryl methyl sites for hydroxylation is 1. The van der Waals surface area contributed by atoms with E-state index in [1.54, 1.807) is 24.0 Å². The monoisotopic (exact) mass is 484 g/mol. The number of carbonyl (C=O) groups excluding carboxylic acids is 1. The Hall–Kier alpha value is -2.88. The van der Waals surface area contributed by atoms with Crippen molar-refractivity contribution < 1.29 is 23.8 Å². The molecular formula is C26H30F2N4O3. The quantitative estimate of drug-likeness (QED) is 0.458. The molecule has 3 aromatic rings. The Kier molecular flexibility index (Phi) is 5.89. The molecule has 2 aliphatic rings. The van der Waals surface area contributed by atoms with E-state index in [1.807, 2.05) is 13.8 Å². The molecule has 186 valence electrons. The van der Waals surface area contributed by atoms with Crippen molar-refractivity contribution in [3.63, 3.8) is 0 Å². The van der Waals surface area contributed by atoms with E-state index < -0.39 is 41.2 Å². The van der Waals surface area contributed by atoms with Gasteiger partial charge >= 0.3 is 0 Å². The molecule has 2 aliphatic heterocycles. The highest BCUT2D eigenvalue weighted by molar-refractivity contribution is 5.93. The lowest BCUT2D eigenvalue weighted by Gasteiger charge is -2.49. The second kappa shape index (κ2) is 8.65. The number of aromatic amines is 1. The number of hydrogen-bond donors (Lipinski definition) is 4. The third kappa shape index (κ3) is 3.82. The number of pyridine rings is 1. The molecule has 7 nitrogen and oxygen atoms in total. The summed E-state index contributed by atoms with van der Waals surface area (Å²) in [4.78, 5) is 21.6. The molecule has 2 aromatic heterocycles. The SMILES string of the molecule is Cc1cc(-c2ccnc3[nH]cc(F)c23)cc(F)c1C1(O)[C@H](C)CN(C(=O)[C@@H]2C[C@@H](O)CN2)C[C@@H]1C. The number of β-amino-alcohol motifs (C(OH)–C–C–N with tert-alkyl or cyclic N) is 1. The van der Waals surface area contributed by atoms with E-state index in [4.69, 9.17) is 0 Å². The second-order valence-corrected chi connectivity index (χ2v) is 10.1. The van der Waals surface area contributed by atoms with E-state index in [-0.39, 0.29) is 29.9 Å². The molecule has 2 saturated heterocycles. The van der Waals surface area contributed by atoms with Crippen molar-refractivity contribution in [2.75, 3.05) is 19.6 Å². The molecule has 9 heteroatoms. The summed E-state index contributed by atoms with van der Waals surface area (Å²) in [5.74, 6) is -2.01. The number of aliphatic hydroxyl groups excluding tert-OH is 1. The summed E-state index contributed by atoms with van der Waals surface area (Å²) in [6.07, 6.45) is 2.58. The van der Waals surface area contributed by atoms with Gasteiger partial charge in [-0.1, -0.05) is 19.9 Å². The molecule has 0 radical (unpaired) electrons. The van der Waals surface area contributed by atoms with Crippen LogP contribution in [0.15, 0.2) is 30.6 Å². The zero-order valence-electron chi connectivity index (χ0n) is 20.0. The van der Waals surface area contributed by atoms with Crippen LogP contribution in [0.2, 0.25) is 0 Å². The first kappa shape index (κ1) is 23.8. The number of piperidine rings is 1. The fraction of sp³-hybridized carbons (Fsp3) is 0.462. The Balaban J connectivity index is 1.48. The maximum absolute atomic E-state index is 15.7. The summed E-state index contributed by atoms with van der Waals surface area (Å²) in [7, 11) is 0. The topological polar surface area (TPSA) is 101 Å². The van der Waals surface area contributed by atoms with Gasteiger partial charge in [0, 0.05) is 49.4 Å². The molecule has 1 aromatic carbocycles.